The molecule has 0 fully saturated rings. The normalized spacial score (nSPS) is 12.0. The van der Waals surface area contributed by atoms with E-state index >= 15 is 0 Å². The summed E-state index contributed by atoms with van der Waals surface area (Å²) in [4.78, 5) is 4.10. The fraction of sp³-hybridized carbons (Fsp3) is 0.364. The Morgan fingerprint density at radius 3 is 2.41 bits per heavy atom. The Balaban J connectivity index is 2.79. The predicted octanol–water partition coefficient (Wildman–Crippen LogP) is 3.52. The quantitative estimate of drug-likeness (QED) is 0.505. The first-order valence-corrected chi connectivity index (χ1v) is 5.87. The molecule has 1 rings (SSSR count). The summed E-state index contributed by atoms with van der Waals surface area (Å²) in [7, 11) is 0. The first-order valence-electron chi connectivity index (χ1n) is 5.11. The van der Waals surface area contributed by atoms with Crippen LogP contribution in [0.15, 0.2) is 17.1 Å². The highest BCUT2D eigenvalue weighted by Gasteiger charge is 2.07. The van der Waals surface area contributed by atoms with Gasteiger partial charge < -0.3 is 11.1 Å². The van der Waals surface area contributed by atoms with Crippen LogP contribution in [-0.2, 0) is 0 Å². The molecule has 0 aromatic heterocycles. The number of nitrogens with one attached hydrogen (secondary N) is 1. The molecule has 0 spiro atoms. The highest BCUT2D eigenvalue weighted by molar-refractivity contribution is 6.35. The van der Waals surface area contributed by atoms with E-state index in [4.69, 9.17) is 28.9 Å². The van der Waals surface area contributed by atoms with Gasteiger partial charge in [-0.2, -0.15) is 0 Å². The van der Waals surface area contributed by atoms with Gasteiger partial charge in [-0.15, -0.1) is 0 Å². The maximum atomic E-state index is 13.1. The topological polar surface area (TPSA) is 50.4 Å². The summed E-state index contributed by atoms with van der Waals surface area (Å²) in [5.41, 5.74) is 6.16. The number of hydrogen-bond donors (Lipinski definition) is 2. The van der Waals surface area contributed by atoms with Gasteiger partial charge in [0.15, 0.2) is 11.8 Å². The average Bonchev–Trinajstić information content (AvgIpc) is 2.23. The van der Waals surface area contributed by atoms with E-state index in [-0.39, 0.29) is 16.0 Å². The minimum atomic E-state index is -0.642. The molecule has 0 bridgehead atoms. The molecule has 0 atom stereocenters. The molecular formula is C11H14Cl2FN3. The van der Waals surface area contributed by atoms with Crippen LogP contribution in [0.25, 0.3) is 0 Å². The molecule has 0 saturated carbocycles. The summed E-state index contributed by atoms with van der Waals surface area (Å²) in [5, 5.41) is 2.68. The van der Waals surface area contributed by atoms with Crippen molar-refractivity contribution >= 4 is 34.8 Å². The number of nitrogens with two attached hydrogens (primary N) is 1. The molecule has 0 aliphatic carbocycles. The number of aliphatic imine (C=N–C) groups is 1. The number of anilines is 1. The lowest BCUT2D eigenvalue weighted by atomic mass is 10.2. The van der Waals surface area contributed by atoms with Crippen molar-refractivity contribution in [2.75, 3.05) is 11.9 Å². The molecule has 3 nitrogen and oxygen atoms in total. The number of halogens is 3. The minimum absolute atomic E-state index is 0.0586. The van der Waals surface area contributed by atoms with E-state index in [1.807, 2.05) is 13.8 Å². The summed E-state index contributed by atoms with van der Waals surface area (Å²) >= 11 is 11.3. The van der Waals surface area contributed by atoms with E-state index in [1.54, 1.807) is 0 Å². The van der Waals surface area contributed by atoms with Crippen LogP contribution in [0.3, 0.4) is 0 Å². The Kier molecular flexibility index (Phi) is 5.02. The Morgan fingerprint density at radius 2 is 1.94 bits per heavy atom. The zero-order valence-corrected chi connectivity index (χ0v) is 11.1. The number of nitrogens with zero attached hydrogens (tertiary/aromatic N) is 1. The van der Waals surface area contributed by atoms with Gasteiger partial charge in [-0.3, -0.25) is 4.99 Å². The molecule has 0 radical (unpaired) electrons. The number of rotatable bonds is 3. The van der Waals surface area contributed by atoms with Gasteiger partial charge >= 0.3 is 0 Å². The third kappa shape index (κ3) is 4.40. The van der Waals surface area contributed by atoms with E-state index in [9.17, 15) is 4.39 Å². The van der Waals surface area contributed by atoms with Crippen LogP contribution in [-0.4, -0.2) is 12.5 Å². The van der Waals surface area contributed by atoms with Crippen molar-refractivity contribution in [1.29, 1.82) is 0 Å². The first kappa shape index (κ1) is 14.1. The Hall–Kier alpha value is -1.00. The van der Waals surface area contributed by atoms with Crippen molar-refractivity contribution in [3.05, 3.63) is 28.0 Å². The molecule has 1 aromatic carbocycles. The van der Waals surface area contributed by atoms with Crippen LogP contribution in [0.2, 0.25) is 10.0 Å². The van der Waals surface area contributed by atoms with Gasteiger partial charge in [0.05, 0.1) is 10.0 Å². The highest BCUT2D eigenvalue weighted by atomic mass is 35.5. The van der Waals surface area contributed by atoms with E-state index in [0.717, 1.165) is 0 Å². The van der Waals surface area contributed by atoms with Crippen molar-refractivity contribution in [3.63, 3.8) is 0 Å². The Labute approximate surface area is 110 Å². The molecule has 1 aromatic rings. The smallest absolute Gasteiger partial charge is 0.193 e. The third-order valence-corrected chi connectivity index (χ3v) is 2.43. The molecule has 0 aliphatic rings. The number of benzene rings is 1. The zero-order chi connectivity index (χ0) is 13.0. The zero-order valence-electron chi connectivity index (χ0n) is 9.60. The van der Waals surface area contributed by atoms with E-state index in [1.165, 1.54) is 12.1 Å². The lowest BCUT2D eigenvalue weighted by Crippen LogP contribution is -2.23. The maximum absolute atomic E-state index is 13.1. The predicted molar refractivity (Wildman–Crippen MR) is 71.4 cm³/mol. The molecule has 3 N–H and O–H groups in total. The molecule has 94 valence electrons. The average molecular weight is 278 g/mol. The van der Waals surface area contributed by atoms with Crippen LogP contribution in [0.4, 0.5) is 10.1 Å². The second-order valence-electron chi connectivity index (χ2n) is 4.00. The van der Waals surface area contributed by atoms with Crippen molar-refractivity contribution < 1.29 is 4.39 Å². The van der Waals surface area contributed by atoms with Crippen LogP contribution in [0, 0.1) is 11.7 Å². The van der Waals surface area contributed by atoms with Crippen molar-refractivity contribution in [1.82, 2.24) is 0 Å². The summed E-state index contributed by atoms with van der Waals surface area (Å²) in [5.74, 6) is 0.0183. The molecule has 0 heterocycles. The van der Waals surface area contributed by atoms with Gasteiger partial charge in [-0.25, -0.2) is 4.39 Å². The van der Waals surface area contributed by atoms with Gasteiger partial charge in [0.1, 0.15) is 0 Å². The van der Waals surface area contributed by atoms with Crippen molar-refractivity contribution in [2.45, 2.75) is 13.8 Å². The molecule has 0 amide bonds. The summed E-state index contributed by atoms with van der Waals surface area (Å²) < 4.78 is 13.1. The van der Waals surface area contributed by atoms with Gasteiger partial charge in [0, 0.05) is 12.2 Å². The van der Waals surface area contributed by atoms with Gasteiger partial charge in [-0.05, 0) is 18.1 Å². The first-order chi connectivity index (χ1) is 7.90. The van der Waals surface area contributed by atoms with Crippen molar-refractivity contribution in [2.24, 2.45) is 16.6 Å². The van der Waals surface area contributed by atoms with Crippen molar-refractivity contribution in [3.8, 4) is 0 Å². The van der Waals surface area contributed by atoms with E-state index < -0.39 is 5.82 Å². The molecule has 0 unspecified atom stereocenters. The van der Waals surface area contributed by atoms with E-state index in [0.29, 0.717) is 18.2 Å². The Bertz CT molecular complexity index is 410. The fourth-order valence-electron chi connectivity index (χ4n) is 1.10. The molecule has 0 saturated heterocycles. The monoisotopic (exact) mass is 277 g/mol. The van der Waals surface area contributed by atoms with Crippen LogP contribution in [0.1, 0.15) is 13.8 Å². The van der Waals surface area contributed by atoms with Crippen LogP contribution >= 0.6 is 23.2 Å². The van der Waals surface area contributed by atoms with E-state index in [2.05, 4.69) is 10.3 Å². The largest absolute Gasteiger partial charge is 0.370 e. The van der Waals surface area contributed by atoms with Gasteiger partial charge in [0.2, 0.25) is 0 Å². The summed E-state index contributed by atoms with van der Waals surface area (Å²) in [6.45, 7) is 4.67. The molecule has 6 heteroatoms. The lowest BCUT2D eigenvalue weighted by molar-refractivity contribution is 0.629. The standard InChI is InChI=1S/C11H14Cl2FN3/c1-6(2)5-16-11(15)17-7-3-8(12)10(14)9(13)4-7/h3-4,6H,5H2,1-2H3,(H3,15,16,17). The van der Waals surface area contributed by atoms with Crippen LogP contribution in [0.5, 0.6) is 0 Å². The van der Waals surface area contributed by atoms with Gasteiger partial charge in [0.25, 0.3) is 0 Å². The lowest BCUT2D eigenvalue weighted by Gasteiger charge is -2.08. The fourth-order valence-corrected chi connectivity index (χ4v) is 1.58. The second-order valence-corrected chi connectivity index (χ2v) is 4.81. The summed E-state index contributed by atoms with van der Waals surface area (Å²) in [6, 6.07) is 2.81. The number of hydrogen-bond acceptors (Lipinski definition) is 1. The highest BCUT2D eigenvalue weighted by Crippen LogP contribution is 2.27. The second kappa shape index (κ2) is 6.07. The maximum Gasteiger partial charge on any atom is 0.193 e. The van der Waals surface area contributed by atoms with Crippen LogP contribution < -0.4 is 11.1 Å². The van der Waals surface area contributed by atoms with Gasteiger partial charge in [-0.1, -0.05) is 37.0 Å². The third-order valence-electron chi connectivity index (χ3n) is 1.88. The summed E-state index contributed by atoms with van der Waals surface area (Å²) in [6.07, 6.45) is 0. The Morgan fingerprint density at radius 1 is 1.41 bits per heavy atom. The minimum Gasteiger partial charge on any atom is -0.370 e. The molecular weight excluding hydrogens is 264 g/mol. The number of guanidine groups is 1. The molecule has 17 heavy (non-hydrogen) atoms. The molecule has 0 aliphatic heterocycles. The SMILES string of the molecule is CC(C)CN=C(N)Nc1cc(Cl)c(F)c(Cl)c1.